The zero-order valence-corrected chi connectivity index (χ0v) is 15.2. The number of hydrogen-bond donors (Lipinski definition) is 0. The molecule has 0 radical (unpaired) electrons. The van der Waals surface area contributed by atoms with Crippen LogP contribution in [-0.4, -0.2) is 50.8 Å². The average Bonchev–Trinajstić information content (AvgIpc) is 3.12. The van der Waals surface area contributed by atoms with Crippen LogP contribution in [0.25, 0.3) is 11.0 Å². The number of aromatic nitrogens is 4. The van der Waals surface area contributed by atoms with Gasteiger partial charge >= 0.3 is 0 Å². The van der Waals surface area contributed by atoms with Crippen LogP contribution in [0.1, 0.15) is 17.0 Å². The van der Waals surface area contributed by atoms with E-state index in [1.807, 2.05) is 24.9 Å². The normalized spacial score (nSPS) is 16.2. The molecule has 0 amide bonds. The number of thiazole rings is 1. The van der Waals surface area contributed by atoms with Gasteiger partial charge in [0.1, 0.15) is 0 Å². The van der Waals surface area contributed by atoms with E-state index < -0.39 is 0 Å². The zero-order valence-electron chi connectivity index (χ0n) is 14.4. The van der Waals surface area contributed by atoms with Gasteiger partial charge < -0.3 is 4.90 Å². The molecule has 1 aliphatic rings. The molecule has 0 aliphatic carbocycles. The molecule has 4 rings (SSSR count). The summed E-state index contributed by atoms with van der Waals surface area (Å²) in [5.41, 5.74) is 4.38. The summed E-state index contributed by atoms with van der Waals surface area (Å²) in [6, 6.07) is 2.24. The molecule has 7 heteroatoms. The first-order valence-corrected chi connectivity index (χ1v) is 9.16. The molecule has 0 saturated carbocycles. The maximum Gasteiger partial charge on any atom is 0.185 e. The molecule has 4 heterocycles. The lowest BCUT2D eigenvalue weighted by molar-refractivity contribution is 0.249. The largest absolute Gasteiger partial charge is 0.346 e. The fourth-order valence-corrected chi connectivity index (χ4v) is 4.14. The summed E-state index contributed by atoms with van der Waals surface area (Å²) in [6.45, 7) is 9.23. The highest BCUT2D eigenvalue weighted by molar-refractivity contribution is 7.13. The molecular weight excluding hydrogens is 320 g/mol. The first kappa shape index (κ1) is 15.5. The van der Waals surface area contributed by atoms with Crippen molar-refractivity contribution >= 4 is 27.5 Å². The van der Waals surface area contributed by atoms with Crippen molar-refractivity contribution in [1.29, 1.82) is 0 Å². The minimum Gasteiger partial charge on any atom is -0.346 e. The Kier molecular flexibility index (Phi) is 3.97. The number of rotatable bonds is 3. The summed E-state index contributed by atoms with van der Waals surface area (Å²) in [5, 5.41) is 8.89. The summed E-state index contributed by atoms with van der Waals surface area (Å²) >= 11 is 1.74. The van der Waals surface area contributed by atoms with E-state index in [1.165, 1.54) is 5.56 Å². The predicted molar refractivity (Wildman–Crippen MR) is 97.6 cm³/mol. The molecule has 24 heavy (non-hydrogen) atoms. The van der Waals surface area contributed by atoms with E-state index in [2.05, 4.69) is 43.2 Å². The maximum atomic E-state index is 4.60. The topological polar surface area (TPSA) is 50.1 Å². The molecule has 1 fully saturated rings. The molecule has 0 spiro atoms. The predicted octanol–water partition coefficient (Wildman–Crippen LogP) is 2.36. The molecule has 0 atom stereocenters. The van der Waals surface area contributed by atoms with Gasteiger partial charge in [0.15, 0.2) is 10.8 Å². The van der Waals surface area contributed by atoms with E-state index in [9.17, 15) is 0 Å². The van der Waals surface area contributed by atoms with Crippen molar-refractivity contribution in [3.05, 3.63) is 34.6 Å². The second-order valence-electron chi connectivity index (χ2n) is 6.46. The molecule has 0 unspecified atom stereocenters. The van der Waals surface area contributed by atoms with Gasteiger partial charge in [-0.3, -0.25) is 9.58 Å². The van der Waals surface area contributed by atoms with Crippen molar-refractivity contribution in [3.8, 4) is 0 Å². The smallest absolute Gasteiger partial charge is 0.185 e. The highest BCUT2D eigenvalue weighted by Crippen LogP contribution is 2.22. The first-order chi connectivity index (χ1) is 11.6. The number of hydrogen-bond acceptors (Lipinski definition) is 6. The van der Waals surface area contributed by atoms with Crippen molar-refractivity contribution in [1.82, 2.24) is 24.6 Å². The number of aryl methyl sites for hydroxylation is 3. The quantitative estimate of drug-likeness (QED) is 0.731. The number of piperazine rings is 1. The minimum atomic E-state index is 0.946. The van der Waals surface area contributed by atoms with Gasteiger partial charge in [-0.05, 0) is 25.5 Å². The second-order valence-corrected chi connectivity index (χ2v) is 7.29. The third-order valence-electron chi connectivity index (χ3n) is 4.58. The Labute approximate surface area is 145 Å². The van der Waals surface area contributed by atoms with Gasteiger partial charge in [0, 0.05) is 56.7 Å². The van der Waals surface area contributed by atoms with Gasteiger partial charge in [0.05, 0.1) is 11.4 Å². The Morgan fingerprint density at radius 1 is 1.17 bits per heavy atom. The van der Waals surface area contributed by atoms with Crippen LogP contribution in [-0.2, 0) is 13.6 Å². The summed E-state index contributed by atoms with van der Waals surface area (Å²) in [5.74, 6) is 0. The molecular formula is C17H22N6S. The van der Waals surface area contributed by atoms with Crippen LogP contribution in [0.2, 0.25) is 0 Å². The van der Waals surface area contributed by atoms with Gasteiger partial charge in [-0.2, -0.15) is 5.10 Å². The highest BCUT2D eigenvalue weighted by atomic mass is 32.1. The monoisotopic (exact) mass is 342 g/mol. The van der Waals surface area contributed by atoms with Crippen LogP contribution in [0.5, 0.6) is 0 Å². The van der Waals surface area contributed by atoms with Gasteiger partial charge in [-0.25, -0.2) is 9.97 Å². The summed E-state index contributed by atoms with van der Waals surface area (Å²) < 4.78 is 1.85. The number of fused-ring (bicyclic) bond motifs is 1. The lowest BCUT2D eigenvalue weighted by Crippen LogP contribution is -2.45. The third-order valence-corrected chi connectivity index (χ3v) is 5.59. The molecule has 1 aliphatic heterocycles. The van der Waals surface area contributed by atoms with Crippen LogP contribution >= 0.6 is 11.3 Å². The van der Waals surface area contributed by atoms with E-state index >= 15 is 0 Å². The maximum absolute atomic E-state index is 4.60. The molecule has 0 N–H and O–H groups in total. The minimum absolute atomic E-state index is 0.946. The van der Waals surface area contributed by atoms with Crippen molar-refractivity contribution in [2.24, 2.45) is 7.05 Å². The summed E-state index contributed by atoms with van der Waals surface area (Å²) in [7, 11) is 1.95. The van der Waals surface area contributed by atoms with Gasteiger partial charge in [0.25, 0.3) is 0 Å². The van der Waals surface area contributed by atoms with Crippen LogP contribution in [0.3, 0.4) is 0 Å². The van der Waals surface area contributed by atoms with Gasteiger partial charge in [-0.15, -0.1) is 11.3 Å². The van der Waals surface area contributed by atoms with E-state index in [-0.39, 0.29) is 0 Å². The van der Waals surface area contributed by atoms with E-state index in [0.29, 0.717) is 0 Å². The fourth-order valence-electron chi connectivity index (χ4n) is 3.28. The molecule has 3 aromatic heterocycles. The fraction of sp³-hybridized carbons (Fsp3) is 0.471. The van der Waals surface area contributed by atoms with Crippen molar-refractivity contribution in [2.75, 3.05) is 31.1 Å². The third kappa shape index (κ3) is 2.89. The van der Waals surface area contributed by atoms with Crippen molar-refractivity contribution in [3.63, 3.8) is 0 Å². The standard InChI is InChI=1S/C17H22N6S/c1-12-11-24-17(19-12)23-6-4-22(5-7-23)10-14-8-15-13(2)20-21(3)16(15)18-9-14/h8-9,11H,4-7,10H2,1-3H3. The van der Waals surface area contributed by atoms with Gasteiger partial charge in [-0.1, -0.05) is 0 Å². The first-order valence-electron chi connectivity index (χ1n) is 8.28. The Balaban J connectivity index is 1.42. The molecule has 0 aromatic carbocycles. The SMILES string of the molecule is Cc1csc(N2CCN(Cc3cnc4c(c3)c(C)nn4C)CC2)n1. The lowest BCUT2D eigenvalue weighted by atomic mass is 10.2. The van der Waals surface area contributed by atoms with Gasteiger partial charge in [0.2, 0.25) is 0 Å². The van der Waals surface area contributed by atoms with E-state index in [0.717, 1.165) is 60.3 Å². The highest BCUT2D eigenvalue weighted by Gasteiger charge is 2.19. The zero-order chi connectivity index (χ0) is 16.7. The molecule has 6 nitrogen and oxygen atoms in total. The Morgan fingerprint density at radius 2 is 1.96 bits per heavy atom. The Morgan fingerprint density at radius 3 is 2.67 bits per heavy atom. The number of nitrogens with zero attached hydrogens (tertiary/aromatic N) is 6. The number of anilines is 1. The van der Waals surface area contributed by atoms with E-state index in [1.54, 1.807) is 11.3 Å². The van der Waals surface area contributed by atoms with Crippen LogP contribution in [0.4, 0.5) is 5.13 Å². The molecule has 3 aromatic rings. The lowest BCUT2D eigenvalue weighted by Gasteiger charge is -2.34. The van der Waals surface area contributed by atoms with Crippen LogP contribution < -0.4 is 4.90 Å². The number of pyridine rings is 1. The average molecular weight is 342 g/mol. The summed E-state index contributed by atoms with van der Waals surface area (Å²) in [6.07, 6.45) is 1.99. The molecule has 1 saturated heterocycles. The Bertz CT molecular complexity index is 859. The molecule has 126 valence electrons. The van der Waals surface area contributed by atoms with E-state index in [4.69, 9.17) is 0 Å². The molecule has 0 bridgehead atoms. The van der Waals surface area contributed by atoms with Crippen LogP contribution in [0.15, 0.2) is 17.6 Å². The van der Waals surface area contributed by atoms with Crippen molar-refractivity contribution in [2.45, 2.75) is 20.4 Å². The van der Waals surface area contributed by atoms with Crippen LogP contribution in [0, 0.1) is 13.8 Å². The van der Waals surface area contributed by atoms with Crippen molar-refractivity contribution < 1.29 is 0 Å². The Hall–Kier alpha value is -1.99. The second kappa shape index (κ2) is 6.14. The summed E-state index contributed by atoms with van der Waals surface area (Å²) in [4.78, 5) is 14.1.